The van der Waals surface area contributed by atoms with E-state index < -0.39 is 29.7 Å². The van der Waals surface area contributed by atoms with Crippen LogP contribution in [0.15, 0.2) is 30.3 Å². The van der Waals surface area contributed by atoms with Gasteiger partial charge in [-0.2, -0.15) is 0 Å². The number of carbonyl (C=O) groups excluding carboxylic acids is 3. The summed E-state index contributed by atoms with van der Waals surface area (Å²) in [5.41, 5.74) is -0.432. The molecule has 7 nitrogen and oxygen atoms in total. The highest BCUT2D eigenvalue weighted by atomic mass is 16.6. The first-order chi connectivity index (χ1) is 11.7. The van der Waals surface area contributed by atoms with Crippen LogP contribution in [0.3, 0.4) is 0 Å². The van der Waals surface area contributed by atoms with Gasteiger partial charge in [0.15, 0.2) is 0 Å². The van der Waals surface area contributed by atoms with Gasteiger partial charge < -0.3 is 20.1 Å². The smallest absolute Gasteiger partial charge is 0.408 e. The topological polar surface area (TPSA) is 93.7 Å². The van der Waals surface area contributed by atoms with E-state index in [1.165, 1.54) is 0 Å². The van der Waals surface area contributed by atoms with Gasteiger partial charge >= 0.3 is 18.0 Å². The molecule has 7 heteroatoms. The lowest BCUT2D eigenvalue weighted by molar-refractivity contribution is -0.140. The van der Waals surface area contributed by atoms with Gasteiger partial charge in [-0.1, -0.05) is 25.1 Å². The number of nitrogens with one attached hydrogen (secondary N) is 2. The van der Waals surface area contributed by atoms with Crippen LogP contribution in [0.4, 0.5) is 4.79 Å². The van der Waals surface area contributed by atoms with E-state index in [1.54, 1.807) is 51.1 Å². The van der Waals surface area contributed by atoms with Crippen molar-refractivity contribution >= 4 is 18.0 Å². The highest BCUT2D eigenvalue weighted by Crippen LogP contribution is 2.08. The molecule has 1 rings (SSSR count). The molecule has 1 atom stereocenters. The Morgan fingerprint density at radius 2 is 1.76 bits per heavy atom. The molecular formula is C18H26N2O5. The number of ether oxygens (including phenoxy) is 2. The van der Waals surface area contributed by atoms with Crippen LogP contribution in [0, 0.1) is 0 Å². The molecule has 1 unspecified atom stereocenters. The summed E-state index contributed by atoms with van der Waals surface area (Å²) < 4.78 is 10.0. The first-order valence-corrected chi connectivity index (χ1v) is 8.24. The van der Waals surface area contributed by atoms with Crippen molar-refractivity contribution in [3.05, 3.63) is 35.9 Å². The molecule has 0 aliphatic rings. The third kappa shape index (κ3) is 8.30. The molecule has 138 valence electrons. The number of carbonyl (C=O) groups is 3. The van der Waals surface area contributed by atoms with E-state index in [-0.39, 0.29) is 12.0 Å². The predicted molar refractivity (Wildman–Crippen MR) is 93.2 cm³/mol. The Hall–Kier alpha value is -2.41. The lowest BCUT2D eigenvalue weighted by Crippen LogP contribution is -2.46. The van der Waals surface area contributed by atoms with E-state index in [4.69, 9.17) is 9.47 Å². The fourth-order valence-electron chi connectivity index (χ4n) is 1.92. The maximum absolute atomic E-state index is 12.3. The molecule has 0 saturated heterocycles. The molecular weight excluding hydrogens is 324 g/mol. The van der Waals surface area contributed by atoms with Gasteiger partial charge in [0.2, 0.25) is 0 Å². The summed E-state index contributed by atoms with van der Waals surface area (Å²) in [6, 6.07) is 7.20. The Balaban J connectivity index is 2.71. The second-order valence-corrected chi connectivity index (χ2v) is 6.42. The van der Waals surface area contributed by atoms with E-state index in [1.807, 2.05) is 6.92 Å². The SMILES string of the molecule is CCNCCC(NC(=O)OC(C)(C)C)C(=O)OC(=O)c1ccccc1. The summed E-state index contributed by atoms with van der Waals surface area (Å²) in [6.45, 7) is 8.28. The van der Waals surface area contributed by atoms with Crippen molar-refractivity contribution in [1.82, 2.24) is 10.6 Å². The van der Waals surface area contributed by atoms with Crippen LogP contribution in [-0.4, -0.2) is 42.8 Å². The van der Waals surface area contributed by atoms with Gasteiger partial charge in [-0.05, 0) is 52.4 Å². The Kier molecular flexibility index (Phi) is 8.07. The van der Waals surface area contributed by atoms with Gasteiger partial charge in [0, 0.05) is 0 Å². The van der Waals surface area contributed by atoms with E-state index >= 15 is 0 Å². The monoisotopic (exact) mass is 350 g/mol. The van der Waals surface area contributed by atoms with Crippen molar-refractivity contribution < 1.29 is 23.9 Å². The van der Waals surface area contributed by atoms with Crippen molar-refractivity contribution in [2.75, 3.05) is 13.1 Å². The van der Waals surface area contributed by atoms with Gasteiger partial charge in [-0.15, -0.1) is 0 Å². The Labute approximate surface area is 148 Å². The Morgan fingerprint density at radius 1 is 1.12 bits per heavy atom. The third-order valence-corrected chi connectivity index (χ3v) is 3.04. The molecule has 0 aliphatic heterocycles. The van der Waals surface area contributed by atoms with Gasteiger partial charge in [0.25, 0.3) is 0 Å². The number of benzene rings is 1. The van der Waals surface area contributed by atoms with E-state index in [9.17, 15) is 14.4 Å². The number of hydrogen-bond donors (Lipinski definition) is 2. The summed E-state index contributed by atoms with van der Waals surface area (Å²) in [7, 11) is 0. The molecule has 25 heavy (non-hydrogen) atoms. The highest BCUT2D eigenvalue weighted by Gasteiger charge is 2.27. The molecule has 0 spiro atoms. The van der Waals surface area contributed by atoms with Crippen LogP contribution in [0.1, 0.15) is 44.5 Å². The predicted octanol–water partition coefficient (Wildman–Crippen LogP) is 2.26. The zero-order valence-electron chi connectivity index (χ0n) is 15.1. The molecule has 0 radical (unpaired) electrons. The van der Waals surface area contributed by atoms with E-state index in [0.717, 1.165) is 6.54 Å². The minimum absolute atomic E-state index is 0.263. The number of alkyl carbamates (subject to hydrolysis) is 1. The Bertz CT molecular complexity index is 581. The number of amides is 1. The summed E-state index contributed by atoms with van der Waals surface area (Å²) >= 11 is 0. The lowest BCUT2D eigenvalue weighted by atomic mass is 10.2. The van der Waals surface area contributed by atoms with Gasteiger partial charge in [-0.3, -0.25) is 0 Å². The molecule has 0 saturated carbocycles. The van der Waals surface area contributed by atoms with Gasteiger partial charge in [0.05, 0.1) is 5.56 Å². The molecule has 0 bridgehead atoms. The van der Waals surface area contributed by atoms with E-state index in [2.05, 4.69) is 10.6 Å². The number of esters is 2. The standard InChI is InChI=1S/C18H26N2O5/c1-5-19-12-11-14(20-17(23)25-18(2,3)4)16(22)24-15(21)13-9-7-6-8-10-13/h6-10,14,19H,5,11-12H2,1-4H3,(H,20,23). The van der Waals surface area contributed by atoms with Crippen LogP contribution in [0.2, 0.25) is 0 Å². The Morgan fingerprint density at radius 3 is 2.32 bits per heavy atom. The average molecular weight is 350 g/mol. The normalized spacial score (nSPS) is 12.2. The zero-order valence-corrected chi connectivity index (χ0v) is 15.1. The second-order valence-electron chi connectivity index (χ2n) is 6.42. The average Bonchev–Trinajstić information content (AvgIpc) is 2.53. The summed E-state index contributed by atoms with van der Waals surface area (Å²) in [6.07, 6.45) is -0.466. The second kappa shape index (κ2) is 9.78. The van der Waals surface area contributed by atoms with Crippen LogP contribution in [0.25, 0.3) is 0 Å². The van der Waals surface area contributed by atoms with Crippen LogP contribution in [0.5, 0.6) is 0 Å². The fraction of sp³-hybridized carbons (Fsp3) is 0.500. The molecule has 2 N–H and O–H groups in total. The summed E-state index contributed by atoms with van der Waals surface area (Å²) in [5.74, 6) is -1.58. The number of rotatable bonds is 7. The highest BCUT2D eigenvalue weighted by molar-refractivity contribution is 5.98. The first kappa shape index (κ1) is 20.6. The molecule has 0 fully saturated rings. The molecule has 1 aromatic carbocycles. The van der Waals surface area contributed by atoms with Crippen LogP contribution < -0.4 is 10.6 Å². The summed E-state index contributed by atoms with van der Waals surface area (Å²) in [5, 5.41) is 5.52. The lowest BCUT2D eigenvalue weighted by Gasteiger charge is -2.22. The fourth-order valence-corrected chi connectivity index (χ4v) is 1.92. The quantitative estimate of drug-likeness (QED) is 0.445. The van der Waals surface area contributed by atoms with Crippen LogP contribution >= 0.6 is 0 Å². The van der Waals surface area contributed by atoms with Crippen molar-refractivity contribution in [1.29, 1.82) is 0 Å². The first-order valence-electron chi connectivity index (χ1n) is 8.24. The summed E-state index contributed by atoms with van der Waals surface area (Å²) in [4.78, 5) is 36.2. The maximum Gasteiger partial charge on any atom is 0.408 e. The van der Waals surface area contributed by atoms with Crippen molar-refractivity contribution in [3.8, 4) is 0 Å². The molecule has 1 amide bonds. The van der Waals surface area contributed by atoms with Crippen molar-refractivity contribution in [2.45, 2.75) is 45.8 Å². The van der Waals surface area contributed by atoms with Gasteiger partial charge in [0.1, 0.15) is 11.6 Å². The van der Waals surface area contributed by atoms with Crippen molar-refractivity contribution in [2.24, 2.45) is 0 Å². The van der Waals surface area contributed by atoms with E-state index in [0.29, 0.717) is 6.54 Å². The molecule has 1 aromatic rings. The minimum Gasteiger partial charge on any atom is -0.444 e. The molecule has 0 heterocycles. The largest absolute Gasteiger partial charge is 0.444 e. The third-order valence-electron chi connectivity index (χ3n) is 3.04. The molecule has 0 aromatic heterocycles. The minimum atomic E-state index is -0.985. The molecule has 0 aliphatic carbocycles. The van der Waals surface area contributed by atoms with Crippen LogP contribution in [-0.2, 0) is 14.3 Å². The number of hydrogen-bond acceptors (Lipinski definition) is 6. The van der Waals surface area contributed by atoms with Crippen molar-refractivity contribution in [3.63, 3.8) is 0 Å². The van der Waals surface area contributed by atoms with Gasteiger partial charge in [-0.25, -0.2) is 14.4 Å². The zero-order chi connectivity index (χ0) is 18.9. The maximum atomic E-state index is 12.3.